The van der Waals surface area contributed by atoms with E-state index >= 15 is 0 Å². The summed E-state index contributed by atoms with van der Waals surface area (Å²) in [5.41, 5.74) is 0.610. The van der Waals surface area contributed by atoms with Gasteiger partial charge in [0.2, 0.25) is 0 Å². The van der Waals surface area contributed by atoms with Gasteiger partial charge in [-0.2, -0.15) is 0 Å². The van der Waals surface area contributed by atoms with E-state index in [1.165, 1.54) is 45.6 Å². The molecule has 1 saturated heterocycles. The zero-order chi connectivity index (χ0) is 10.2. The van der Waals surface area contributed by atoms with E-state index in [-0.39, 0.29) is 0 Å². The van der Waals surface area contributed by atoms with Crippen LogP contribution in [-0.2, 0) is 0 Å². The molecule has 0 atom stereocenters. The maximum Gasteiger partial charge on any atom is 0.0338 e. The quantitative estimate of drug-likeness (QED) is 0.679. The summed E-state index contributed by atoms with van der Waals surface area (Å²) in [4.78, 5) is 5.37. The molecule has 0 radical (unpaired) electrons. The van der Waals surface area contributed by atoms with Crippen molar-refractivity contribution < 1.29 is 0 Å². The van der Waals surface area contributed by atoms with Gasteiger partial charge in [0.1, 0.15) is 0 Å². The van der Waals surface area contributed by atoms with Crippen molar-refractivity contribution in [2.75, 3.05) is 32.7 Å². The Morgan fingerprint density at radius 2 is 1.93 bits per heavy atom. The van der Waals surface area contributed by atoms with Crippen molar-refractivity contribution >= 4 is 0 Å². The van der Waals surface area contributed by atoms with E-state index in [1.807, 2.05) is 0 Å². The van der Waals surface area contributed by atoms with Crippen LogP contribution >= 0.6 is 0 Å². The molecule has 0 aromatic carbocycles. The second-order valence-corrected chi connectivity index (χ2v) is 5.43. The van der Waals surface area contributed by atoms with Crippen LogP contribution in [0.15, 0.2) is 0 Å². The first kappa shape index (κ1) is 10.4. The van der Waals surface area contributed by atoms with Crippen LogP contribution in [0.2, 0.25) is 0 Å². The van der Waals surface area contributed by atoms with Crippen molar-refractivity contribution in [2.45, 2.75) is 39.2 Å². The van der Waals surface area contributed by atoms with Gasteiger partial charge in [0.15, 0.2) is 0 Å². The molecule has 1 aliphatic carbocycles. The fourth-order valence-electron chi connectivity index (χ4n) is 2.71. The normalized spacial score (nSPS) is 27.4. The monoisotopic (exact) mass is 196 g/mol. The van der Waals surface area contributed by atoms with Crippen LogP contribution in [0, 0.1) is 5.92 Å². The van der Waals surface area contributed by atoms with Gasteiger partial charge in [-0.3, -0.25) is 4.90 Å². The minimum absolute atomic E-state index is 0.610. The summed E-state index contributed by atoms with van der Waals surface area (Å²) < 4.78 is 0. The molecule has 2 nitrogen and oxygen atoms in total. The van der Waals surface area contributed by atoms with Crippen molar-refractivity contribution in [3.63, 3.8) is 0 Å². The highest BCUT2D eigenvalue weighted by Gasteiger charge is 2.50. The minimum Gasteiger partial charge on any atom is -0.301 e. The molecule has 1 heterocycles. The van der Waals surface area contributed by atoms with Gasteiger partial charge >= 0.3 is 0 Å². The van der Waals surface area contributed by atoms with Crippen LogP contribution in [0.3, 0.4) is 0 Å². The predicted molar refractivity (Wildman–Crippen MR) is 60.5 cm³/mol. The van der Waals surface area contributed by atoms with Gasteiger partial charge in [-0.1, -0.05) is 20.8 Å². The van der Waals surface area contributed by atoms with E-state index in [9.17, 15) is 0 Å². The fourth-order valence-corrected chi connectivity index (χ4v) is 2.71. The highest BCUT2D eigenvalue weighted by molar-refractivity contribution is 5.08. The van der Waals surface area contributed by atoms with Gasteiger partial charge in [-0.05, 0) is 25.3 Å². The molecule has 1 spiro atoms. The largest absolute Gasteiger partial charge is 0.301 e. The highest BCUT2D eigenvalue weighted by atomic mass is 15.3. The standard InChI is InChI=1S/C12H24N2/c1-4-13-7-8-14(9-11(2)3)12(10-13)5-6-12/h11H,4-10H2,1-3H3. The SMILES string of the molecule is CCN1CCN(CC(C)C)C2(CC2)C1. The molecule has 2 fully saturated rings. The molecular formula is C12H24N2. The molecule has 2 heteroatoms. The first-order chi connectivity index (χ1) is 6.66. The Morgan fingerprint density at radius 3 is 2.43 bits per heavy atom. The van der Waals surface area contributed by atoms with Crippen molar-refractivity contribution in [3.8, 4) is 0 Å². The number of rotatable bonds is 3. The molecule has 0 unspecified atom stereocenters. The lowest BCUT2D eigenvalue weighted by Gasteiger charge is -2.42. The summed E-state index contributed by atoms with van der Waals surface area (Å²) in [7, 11) is 0. The fraction of sp³-hybridized carbons (Fsp3) is 1.00. The summed E-state index contributed by atoms with van der Waals surface area (Å²) in [5.74, 6) is 0.820. The Kier molecular flexibility index (Phi) is 2.85. The smallest absolute Gasteiger partial charge is 0.0338 e. The van der Waals surface area contributed by atoms with E-state index in [0.717, 1.165) is 5.92 Å². The topological polar surface area (TPSA) is 6.48 Å². The molecule has 2 aliphatic rings. The second kappa shape index (κ2) is 3.82. The van der Waals surface area contributed by atoms with Gasteiger partial charge in [0.05, 0.1) is 0 Å². The van der Waals surface area contributed by atoms with E-state index in [0.29, 0.717) is 5.54 Å². The molecule has 82 valence electrons. The summed E-state index contributed by atoms with van der Waals surface area (Å²) in [6.45, 7) is 13.4. The van der Waals surface area contributed by atoms with Crippen LogP contribution in [0.1, 0.15) is 33.6 Å². The average molecular weight is 196 g/mol. The Labute approximate surface area is 88.3 Å². The summed E-state index contributed by atoms with van der Waals surface area (Å²) in [5, 5.41) is 0. The number of nitrogens with zero attached hydrogens (tertiary/aromatic N) is 2. The van der Waals surface area contributed by atoms with Crippen molar-refractivity contribution in [2.24, 2.45) is 5.92 Å². The van der Waals surface area contributed by atoms with Crippen LogP contribution in [0.25, 0.3) is 0 Å². The van der Waals surface area contributed by atoms with Crippen LogP contribution < -0.4 is 0 Å². The lowest BCUT2D eigenvalue weighted by Crippen LogP contribution is -2.55. The Morgan fingerprint density at radius 1 is 1.21 bits per heavy atom. The summed E-state index contributed by atoms with van der Waals surface area (Å²) in [6, 6.07) is 0. The van der Waals surface area contributed by atoms with Crippen molar-refractivity contribution in [1.82, 2.24) is 9.80 Å². The lowest BCUT2D eigenvalue weighted by molar-refractivity contribution is 0.0533. The highest BCUT2D eigenvalue weighted by Crippen LogP contribution is 2.44. The second-order valence-electron chi connectivity index (χ2n) is 5.43. The number of hydrogen-bond donors (Lipinski definition) is 0. The number of likely N-dealkylation sites (N-methyl/N-ethyl adjacent to an activating group) is 1. The predicted octanol–water partition coefficient (Wildman–Crippen LogP) is 1.81. The van der Waals surface area contributed by atoms with Gasteiger partial charge in [0.25, 0.3) is 0 Å². The molecule has 1 aliphatic heterocycles. The first-order valence-corrected chi connectivity index (χ1v) is 6.14. The van der Waals surface area contributed by atoms with E-state index < -0.39 is 0 Å². The average Bonchev–Trinajstić information content (AvgIpc) is 2.89. The van der Waals surface area contributed by atoms with Gasteiger partial charge in [-0.25, -0.2) is 0 Å². The molecule has 1 saturated carbocycles. The van der Waals surface area contributed by atoms with Crippen molar-refractivity contribution in [3.05, 3.63) is 0 Å². The van der Waals surface area contributed by atoms with Crippen molar-refractivity contribution in [1.29, 1.82) is 0 Å². The third-order valence-electron chi connectivity index (χ3n) is 3.73. The molecule has 14 heavy (non-hydrogen) atoms. The Balaban J connectivity index is 1.93. The Hall–Kier alpha value is -0.0800. The molecular weight excluding hydrogens is 172 g/mol. The van der Waals surface area contributed by atoms with E-state index in [4.69, 9.17) is 0 Å². The summed E-state index contributed by atoms with van der Waals surface area (Å²) in [6.07, 6.45) is 2.88. The maximum atomic E-state index is 2.75. The van der Waals surface area contributed by atoms with Crippen LogP contribution in [-0.4, -0.2) is 48.1 Å². The number of piperazine rings is 1. The first-order valence-electron chi connectivity index (χ1n) is 6.14. The zero-order valence-corrected chi connectivity index (χ0v) is 9.92. The maximum absolute atomic E-state index is 2.75. The van der Waals surface area contributed by atoms with Gasteiger partial charge in [0, 0.05) is 31.7 Å². The molecule has 0 bridgehead atoms. The third-order valence-corrected chi connectivity index (χ3v) is 3.73. The van der Waals surface area contributed by atoms with Crippen LogP contribution in [0.5, 0.6) is 0 Å². The minimum atomic E-state index is 0.610. The van der Waals surface area contributed by atoms with E-state index in [2.05, 4.69) is 30.6 Å². The summed E-state index contributed by atoms with van der Waals surface area (Å²) >= 11 is 0. The third kappa shape index (κ3) is 1.96. The zero-order valence-electron chi connectivity index (χ0n) is 9.92. The van der Waals surface area contributed by atoms with Gasteiger partial charge < -0.3 is 4.90 Å². The number of hydrogen-bond acceptors (Lipinski definition) is 2. The van der Waals surface area contributed by atoms with Gasteiger partial charge in [-0.15, -0.1) is 0 Å². The lowest BCUT2D eigenvalue weighted by atomic mass is 10.1. The van der Waals surface area contributed by atoms with E-state index in [1.54, 1.807) is 0 Å². The molecule has 2 rings (SSSR count). The molecule has 0 aromatic heterocycles. The molecule has 0 N–H and O–H groups in total. The molecule has 0 amide bonds. The van der Waals surface area contributed by atoms with Crippen LogP contribution in [0.4, 0.5) is 0 Å². The Bertz CT molecular complexity index is 196. The molecule has 0 aromatic rings.